The molecule has 4 rings (SSSR count). The van der Waals surface area contributed by atoms with Gasteiger partial charge in [-0.2, -0.15) is 0 Å². The van der Waals surface area contributed by atoms with Gasteiger partial charge in [0.15, 0.2) is 0 Å². The lowest BCUT2D eigenvalue weighted by Crippen LogP contribution is -2.43. The van der Waals surface area contributed by atoms with E-state index in [-0.39, 0.29) is 18.0 Å². The van der Waals surface area contributed by atoms with E-state index in [0.29, 0.717) is 12.1 Å². The monoisotopic (exact) mass is 452 g/mol. The second kappa shape index (κ2) is 9.82. The average molecular weight is 453 g/mol. The second-order valence-electron chi connectivity index (χ2n) is 8.47. The molecule has 0 spiro atoms. The first-order chi connectivity index (χ1) is 16.4. The van der Waals surface area contributed by atoms with Crippen molar-refractivity contribution in [1.29, 1.82) is 0 Å². The fourth-order valence-corrected chi connectivity index (χ4v) is 4.49. The molecule has 1 aliphatic rings. The molecular formula is C28H28N4O2. The molecule has 0 fully saturated rings. The summed E-state index contributed by atoms with van der Waals surface area (Å²) < 4.78 is 0. The van der Waals surface area contributed by atoms with Gasteiger partial charge in [0.25, 0.3) is 0 Å². The summed E-state index contributed by atoms with van der Waals surface area (Å²) in [6.07, 6.45) is 0.769. The lowest BCUT2D eigenvalue weighted by Gasteiger charge is -2.39. The Labute approximate surface area is 200 Å². The number of nitrogens with zero attached hydrogens (tertiary/aromatic N) is 1. The number of fused-ring (bicyclic) bond motifs is 1. The van der Waals surface area contributed by atoms with Crippen molar-refractivity contribution in [3.8, 4) is 23.0 Å². The van der Waals surface area contributed by atoms with Crippen molar-refractivity contribution in [1.82, 2.24) is 0 Å². The topological polar surface area (TPSA) is 101 Å². The van der Waals surface area contributed by atoms with Gasteiger partial charge < -0.3 is 21.7 Å². The van der Waals surface area contributed by atoms with Crippen LogP contribution in [0.15, 0.2) is 66.7 Å². The van der Waals surface area contributed by atoms with E-state index in [1.54, 1.807) is 19.1 Å². The van der Waals surface area contributed by atoms with Gasteiger partial charge in [0, 0.05) is 35.5 Å². The summed E-state index contributed by atoms with van der Waals surface area (Å²) in [5.41, 5.74) is 17.1. The van der Waals surface area contributed by atoms with Crippen molar-refractivity contribution in [3.63, 3.8) is 0 Å². The highest BCUT2D eigenvalue weighted by molar-refractivity contribution is 5.95. The van der Waals surface area contributed by atoms with Crippen molar-refractivity contribution >= 4 is 23.2 Å². The van der Waals surface area contributed by atoms with Crippen LogP contribution in [0.5, 0.6) is 0 Å². The average Bonchev–Trinajstić information content (AvgIpc) is 2.83. The third-order valence-electron chi connectivity index (χ3n) is 6.08. The number of hydrogen-bond donors (Lipinski definition) is 3. The van der Waals surface area contributed by atoms with Gasteiger partial charge in [0.2, 0.25) is 11.8 Å². The smallest absolute Gasteiger partial charge is 0.248 e. The maximum atomic E-state index is 12.5. The van der Waals surface area contributed by atoms with Crippen LogP contribution < -0.4 is 21.7 Å². The van der Waals surface area contributed by atoms with Crippen molar-refractivity contribution < 1.29 is 9.59 Å². The molecule has 3 aromatic carbocycles. The van der Waals surface area contributed by atoms with Crippen molar-refractivity contribution in [3.05, 3.63) is 83.4 Å². The maximum absolute atomic E-state index is 12.5. The number of carbonyl (C=O) groups excluding carboxylic acids is 2. The molecule has 2 atom stereocenters. The minimum atomic E-state index is -0.452. The number of anilines is 2. The molecule has 5 N–H and O–H groups in total. The molecule has 0 radical (unpaired) electrons. The molecule has 1 heterocycles. The second-order valence-corrected chi connectivity index (χ2v) is 8.47. The number of hydrogen-bond acceptors (Lipinski definition) is 4. The fraction of sp³-hybridized carbons (Fsp3) is 0.214. The summed E-state index contributed by atoms with van der Waals surface area (Å²) in [6.45, 7) is 4.00. The van der Waals surface area contributed by atoms with Gasteiger partial charge in [0.1, 0.15) is 0 Å². The molecule has 6 nitrogen and oxygen atoms in total. The molecule has 34 heavy (non-hydrogen) atoms. The Kier molecular flexibility index (Phi) is 6.67. The van der Waals surface area contributed by atoms with Crippen LogP contribution >= 0.6 is 0 Å². The summed E-state index contributed by atoms with van der Waals surface area (Å²) >= 11 is 0. The zero-order valence-electron chi connectivity index (χ0n) is 19.3. The molecule has 6 heteroatoms. The number of nitrogens with two attached hydrogens (primary N) is 2. The van der Waals surface area contributed by atoms with Crippen LogP contribution in [0.25, 0.3) is 11.1 Å². The van der Waals surface area contributed by atoms with Crippen LogP contribution in [0.3, 0.4) is 0 Å². The van der Waals surface area contributed by atoms with E-state index in [2.05, 4.69) is 30.1 Å². The van der Waals surface area contributed by atoms with Crippen LogP contribution in [0.4, 0.5) is 11.4 Å². The van der Waals surface area contributed by atoms with Gasteiger partial charge in [-0.05, 0) is 78.6 Å². The first kappa shape index (κ1) is 23.1. The number of benzene rings is 3. The fourth-order valence-electron chi connectivity index (χ4n) is 4.49. The summed E-state index contributed by atoms with van der Waals surface area (Å²) in [7, 11) is 0. The highest BCUT2D eigenvalue weighted by atomic mass is 16.2. The zero-order valence-corrected chi connectivity index (χ0v) is 19.3. The van der Waals surface area contributed by atoms with E-state index in [9.17, 15) is 9.59 Å². The highest BCUT2D eigenvalue weighted by Gasteiger charge is 2.32. The largest absolute Gasteiger partial charge is 0.378 e. The molecule has 0 unspecified atom stereocenters. The van der Waals surface area contributed by atoms with Crippen LogP contribution in [-0.4, -0.2) is 24.4 Å². The van der Waals surface area contributed by atoms with Crippen molar-refractivity contribution in [2.45, 2.75) is 32.4 Å². The number of carbonyl (C=O) groups is 2. The molecule has 2 amide bonds. The van der Waals surface area contributed by atoms with Crippen LogP contribution in [0, 0.1) is 11.8 Å². The molecule has 0 saturated carbocycles. The summed E-state index contributed by atoms with van der Waals surface area (Å²) in [5, 5.41) is 3.64. The molecule has 1 aliphatic heterocycles. The Morgan fingerprint density at radius 1 is 1.03 bits per heavy atom. The molecule has 172 valence electrons. The summed E-state index contributed by atoms with van der Waals surface area (Å²) in [4.78, 5) is 25.7. The Morgan fingerprint density at radius 2 is 1.71 bits per heavy atom. The molecule has 0 aliphatic carbocycles. The molecule has 0 bridgehead atoms. The van der Waals surface area contributed by atoms with E-state index < -0.39 is 5.91 Å². The molecule has 0 saturated heterocycles. The summed E-state index contributed by atoms with van der Waals surface area (Å²) in [6, 6.07) is 21.4. The van der Waals surface area contributed by atoms with Crippen molar-refractivity contribution in [2.24, 2.45) is 11.5 Å². The van der Waals surface area contributed by atoms with Gasteiger partial charge in [-0.1, -0.05) is 30.0 Å². The van der Waals surface area contributed by atoms with E-state index in [4.69, 9.17) is 11.5 Å². The van der Waals surface area contributed by atoms with E-state index in [1.807, 2.05) is 53.4 Å². The minimum Gasteiger partial charge on any atom is -0.378 e. The van der Waals surface area contributed by atoms with Crippen LogP contribution in [-0.2, 0) is 4.79 Å². The Bertz CT molecular complexity index is 1270. The van der Waals surface area contributed by atoms with Gasteiger partial charge >= 0.3 is 0 Å². The molecule has 3 aromatic rings. The molecule has 0 aromatic heterocycles. The normalized spacial score (nSPS) is 16.7. The van der Waals surface area contributed by atoms with Gasteiger partial charge in [-0.25, -0.2) is 0 Å². The third kappa shape index (κ3) is 4.80. The number of rotatable bonds is 4. The first-order valence-corrected chi connectivity index (χ1v) is 11.3. The van der Waals surface area contributed by atoms with E-state index >= 15 is 0 Å². The summed E-state index contributed by atoms with van der Waals surface area (Å²) in [5.74, 6) is 5.47. The van der Waals surface area contributed by atoms with Crippen molar-refractivity contribution in [2.75, 3.05) is 16.8 Å². The third-order valence-corrected chi connectivity index (χ3v) is 6.08. The van der Waals surface area contributed by atoms with Crippen LogP contribution in [0.1, 0.15) is 47.8 Å². The Balaban J connectivity index is 1.70. The quantitative estimate of drug-likeness (QED) is 0.520. The van der Waals surface area contributed by atoms with E-state index in [0.717, 1.165) is 40.0 Å². The SMILES string of the molecule is CC(=O)N1c2ccc(-c3ccc(C(N)=O)cc3)cc2[C@H](Nc2ccc(C#CCN)cc2)C[C@@H]1C. The van der Waals surface area contributed by atoms with Crippen LogP contribution in [0.2, 0.25) is 0 Å². The highest BCUT2D eigenvalue weighted by Crippen LogP contribution is 2.41. The Hall–Kier alpha value is -4.08. The standard InChI is InChI=1S/C28H28N4O2/c1-18-16-26(31-24-12-5-20(6-13-24)4-3-15-29)25-17-23(11-14-27(25)32(18)19(2)33)21-7-9-22(10-8-21)28(30)34/h5-14,17-18,26,31H,15-16,29H2,1-2H3,(H2,30,34)/t18-,26+/m0/s1. The Morgan fingerprint density at radius 3 is 2.32 bits per heavy atom. The minimum absolute atomic E-state index is 0.0198. The molecular weight excluding hydrogens is 424 g/mol. The lowest BCUT2D eigenvalue weighted by atomic mass is 9.88. The van der Waals surface area contributed by atoms with Gasteiger partial charge in [-0.15, -0.1) is 0 Å². The number of nitrogens with one attached hydrogen (secondary N) is 1. The zero-order chi connectivity index (χ0) is 24.2. The number of primary amides is 1. The van der Waals surface area contributed by atoms with Gasteiger partial charge in [0.05, 0.1) is 12.6 Å². The predicted molar refractivity (Wildman–Crippen MR) is 136 cm³/mol. The maximum Gasteiger partial charge on any atom is 0.248 e. The predicted octanol–water partition coefficient (Wildman–Crippen LogP) is 4.06. The number of amides is 2. The van der Waals surface area contributed by atoms with Gasteiger partial charge in [-0.3, -0.25) is 9.59 Å². The lowest BCUT2D eigenvalue weighted by molar-refractivity contribution is -0.117. The first-order valence-electron chi connectivity index (χ1n) is 11.3. The van der Waals surface area contributed by atoms with E-state index in [1.165, 1.54) is 0 Å².